The van der Waals surface area contributed by atoms with E-state index in [1.54, 1.807) is 0 Å². The molecule has 120 valence electrons. The standard InChI is InChI=1S/C15H24O6/c1-4-7-8-9-10-11-12(20-13(16)5-2)15(18,19)21-14(17)6-3/h5-6,12,18-19H,2-4,7-11H2,1H3. The van der Waals surface area contributed by atoms with Gasteiger partial charge in [-0.15, -0.1) is 0 Å². The lowest BCUT2D eigenvalue weighted by molar-refractivity contribution is -0.357. The van der Waals surface area contributed by atoms with Crippen molar-refractivity contribution < 1.29 is 29.3 Å². The summed E-state index contributed by atoms with van der Waals surface area (Å²) < 4.78 is 9.26. The minimum Gasteiger partial charge on any atom is -0.449 e. The summed E-state index contributed by atoms with van der Waals surface area (Å²) in [5, 5.41) is 19.6. The zero-order valence-corrected chi connectivity index (χ0v) is 12.4. The van der Waals surface area contributed by atoms with Crippen LogP contribution in [-0.2, 0) is 19.1 Å². The third-order valence-electron chi connectivity index (χ3n) is 2.83. The summed E-state index contributed by atoms with van der Waals surface area (Å²) >= 11 is 0. The fraction of sp³-hybridized carbons (Fsp3) is 0.600. The van der Waals surface area contributed by atoms with Crippen LogP contribution >= 0.6 is 0 Å². The van der Waals surface area contributed by atoms with Gasteiger partial charge in [-0.2, -0.15) is 0 Å². The van der Waals surface area contributed by atoms with Crippen LogP contribution in [0.2, 0.25) is 0 Å². The normalized spacial score (nSPS) is 12.3. The molecule has 6 nitrogen and oxygen atoms in total. The van der Waals surface area contributed by atoms with Gasteiger partial charge in [-0.05, 0) is 12.8 Å². The van der Waals surface area contributed by atoms with Crippen molar-refractivity contribution in [3.63, 3.8) is 0 Å². The van der Waals surface area contributed by atoms with E-state index < -0.39 is 24.0 Å². The molecule has 21 heavy (non-hydrogen) atoms. The second-order valence-corrected chi connectivity index (χ2v) is 4.62. The second-order valence-electron chi connectivity index (χ2n) is 4.62. The molecule has 0 aliphatic carbocycles. The lowest BCUT2D eigenvalue weighted by Gasteiger charge is -2.29. The molecule has 0 rings (SSSR count). The summed E-state index contributed by atoms with van der Waals surface area (Å²) in [5.74, 6) is -4.74. The Labute approximate surface area is 125 Å². The van der Waals surface area contributed by atoms with Crippen molar-refractivity contribution in [2.75, 3.05) is 0 Å². The topological polar surface area (TPSA) is 93.1 Å². The van der Waals surface area contributed by atoms with Gasteiger partial charge < -0.3 is 19.7 Å². The molecule has 0 amide bonds. The predicted octanol–water partition coefficient (Wildman–Crippen LogP) is 1.81. The Kier molecular flexibility index (Phi) is 9.32. The average Bonchev–Trinajstić information content (AvgIpc) is 2.44. The Morgan fingerprint density at radius 2 is 1.67 bits per heavy atom. The van der Waals surface area contributed by atoms with Crippen molar-refractivity contribution in [3.05, 3.63) is 25.3 Å². The highest BCUT2D eigenvalue weighted by molar-refractivity contribution is 5.82. The molecule has 0 radical (unpaired) electrons. The van der Waals surface area contributed by atoms with E-state index in [1.165, 1.54) is 0 Å². The number of ether oxygens (including phenoxy) is 2. The molecule has 0 aliphatic rings. The van der Waals surface area contributed by atoms with E-state index in [1.807, 2.05) is 0 Å². The smallest absolute Gasteiger partial charge is 0.363 e. The first kappa shape index (κ1) is 19.3. The number of esters is 2. The van der Waals surface area contributed by atoms with Gasteiger partial charge in [0.2, 0.25) is 0 Å². The molecule has 0 spiro atoms. The summed E-state index contributed by atoms with van der Waals surface area (Å²) in [6.07, 6.45) is 5.06. The van der Waals surface area contributed by atoms with Crippen molar-refractivity contribution in [1.82, 2.24) is 0 Å². The van der Waals surface area contributed by atoms with Gasteiger partial charge in [-0.25, -0.2) is 9.59 Å². The lowest BCUT2D eigenvalue weighted by atomic mass is 10.1. The van der Waals surface area contributed by atoms with Gasteiger partial charge in [0.15, 0.2) is 6.10 Å². The average molecular weight is 300 g/mol. The Hall–Kier alpha value is -1.66. The highest BCUT2D eigenvalue weighted by Crippen LogP contribution is 2.20. The highest BCUT2D eigenvalue weighted by atomic mass is 16.8. The maximum atomic E-state index is 11.2. The maximum Gasteiger partial charge on any atom is 0.363 e. The number of carbonyl (C=O) groups excluding carboxylic acids is 2. The fourth-order valence-electron chi connectivity index (χ4n) is 1.70. The van der Waals surface area contributed by atoms with Crippen molar-refractivity contribution in [1.29, 1.82) is 0 Å². The first-order valence-electron chi connectivity index (χ1n) is 7.00. The van der Waals surface area contributed by atoms with Gasteiger partial charge in [0, 0.05) is 12.2 Å². The summed E-state index contributed by atoms with van der Waals surface area (Å²) in [6.45, 7) is 8.47. The van der Waals surface area contributed by atoms with Gasteiger partial charge in [0.1, 0.15) is 0 Å². The lowest BCUT2D eigenvalue weighted by Crippen LogP contribution is -2.48. The van der Waals surface area contributed by atoms with E-state index in [4.69, 9.17) is 4.74 Å². The maximum absolute atomic E-state index is 11.2. The Morgan fingerprint density at radius 1 is 1.10 bits per heavy atom. The Morgan fingerprint density at radius 3 is 2.19 bits per heavy atom. The number of hydrogen-bond acceptors (Lipinski definition) is 6. The molecule has 6 heteroatoms. The molecule has 0 saturated carbocycles. The minimum absolute atomic E-state index is 0.153. The van der Waals surface area contributed by atoms with Crippen molar-refractivity contribution in [3.8, 4) is 0 Å². The van der Waals surface area contributed by atoms with Gasteiger partial charge in [-0.1, -0.05) is 45.8 Å². The van der Waals surface area contributed by atoms with Gasteiger partial charge >= 0.3 is 17.9 Å². The van der Waals surface area contributed by atoms with Crippen LogP contribution in [0.3, 0.4) is 0 Å². The summed E-state index contributed by atoms with van der Waals surface area (Å²) in [4.78, 5) is 22.3. The van der Waals surface area contributed by atoms with Gasteiger partial charge in [0.25, 0.3) is 0 Å². The van der Waals surface area contributed by atoms with E-state index in [0.717, 1.165) is 37.8 Å². The number of aliphatic hydroxyl groups is 2. The van der Waals surface area contributed by atoms with Crippen LogP contribution in [0.5, 0.6) is 0 Å². The van der Waals surface area contributed by atoms with E-state index in [-0.39, 0.29) is 6.42 Å². The number of unbranched alkanes of at least 4 members (excludes halogenated alkanes) is 4. The van der Waals surface area contributed by atoms with Crippen molar-refractivity contribution in [2.24, 2.45) is 0 Å². The molecule has 1 atom stereocenters. The second kappa shape index (κ2) is 10.1. The SMILES string of the molecule is C=CC(=O)OC(CCCCCCC)C(O)(O)OC(=O)C=C. The molecular formula is C15H24O6. The molecule has 0 bridgehead atoms. The molecule has 0 aromatic rings. The molecule has 0 saturated heterocycles. The van der Waals surface area contributed by atoms with E-state index in [9.17, 15) is 19.8 Å². The molecule has 0 aliphatic heterocycles. The number of carbonyl (C=O) groups is 2. The zero-order chi connectivity index (χ0) is 16.3. The van der Waals surface area contributed by atoms with Crippen LogP contribution < -0.4 is 0 Å². The first-order valence-corrected chi connectivity index (χ1v) is 7.00. The third-order valence-corrected chi connectivity index (χ3v) is 2.83. The first-order chi connectivity index (χ1) is 9.87. The van der Waals surface area contributed by atoms with E-state index in [2.05, 4.69) is 24.8 Å². The van der Waals surface area contributed by atoms with Crippen LogP contribution in [0.1, 0.15) is 45.4 Å². The van der Waals surface area contributed by atoms with E-state index in [0.29, 0.717) is 6.42 Å². The van der Waals surface area contributed by atoms with Crippen LogP contribution in [0.25, 0.3) is 0 Å². The quantitative estimate of drug-likeness (QED) is 0.262. The minimum atomic E-state index is -2.89. The summed E-state index contributed by atoms with van der Waals surface area (Å²) in [6, 6.07) is 0. The molecule has 0 aromatic carbocycles. The van der Waals surface area contributed by atoms with Crippen LogP contribution in [-0.4, -0.2) is 34.2 Å². The van der Waals surface area contributed by atoms with Crippen LogP contribution in [0, 0.1) is 0 Å². The highest BCUT2D eigenvalue weighted by Gasteiger charge is 2.41. The van der Waals surface area contributed by atoms with Crippen LogP contribution in [0.4, 0.5) is 0 Å². The summed E-state index contributed by atoms with van der Waals surface area (Å²) in [7, 11) is 0. The van der Waals surface area contributed by atoms with E-state index >= 15 is 0 Å². The fourth-order valence-corrected chi connectivity index (χ4v) is 1.70. The monoisotopic (exact) mass is 300 g/mol. The van der Waals surface area contributed by atoms with Gasteiger partial charge in [0.05, 0.1) is 0 Å². The van der Waals surface area contributed by atoms with Gasteiger partial charge in [-0.3, -0.25) is 0 Å². The molecule has 2 N–H and O–H groups in total. The predicted molar refractivity (Wildman–Crippen MR) is 76.9 cm³/mol. The van der Waals surface area contributed by atoms with Crippen LogP contribution in [0.15, 0.2) is 25.3 Å². The number of hydrogen-bond donors (Lipinski definition) is 2. The Balaban J connectivity index is 4.62. The van der Waals surface area contributed by atoms with Crippen molar-refractivity contribution >= 4 is 11.9 Å². The zero-order valence-electron chi connectivity index (χ0n) is 12.4. The molecule has 0 aromatic heterocycles. The molecule has 0 heterocycles. The molecular weight excluding hydrogens is 276 g/mol. The molecule has 0 fully saturated rings. The van der Waals surface area contributed by atoms with Crippen molar-refractivity contribution in [2.45, 2.75) is 57.5 Å². The Bertz CT molecular complexity index is 361. The number of rotatable bonds is 11. The summed E-state index contributed by atoms with van der Waals surface area (Å²) in [5.41, 5.74) is 0. The third kappa shape index (κ3) is 8.27. The molecule has 1 unspecified atom stereocenters. The largest absolute Gasteiger partial charge is 0.449 e.